The maximum atomic E-state index is 14.6. The molecule has 1 amide bonds. The SMILES string of the molecule is Cc1ccc(C(O)=C2C(=O)C(=O)N(CC[NH+](C)C)[C@H]2c2ccccc2F)cc1. The van der Waals surface area contributed by atoms with Crippen LogP contribution in [0.5, 0.6) is 0 Å². The van der Waals surface area contributed by atoms with Crippen LogP contribution in [-0.2, 0) is 9.59 Å². The molecule has 0 radical (unpaired) electrons. The maximum Gasteiger partial charge on any atom is 0.295 e. The Hall–Kier alpha value is -2.99. The molecule has 28 heavy (non-hydrogen) atoms. The number of aryl methyl sites for hydroxylation is 1. The fourth-order valence-corrected chi connectivity index (χ4v) is 3.34. The fraction of sp³-hybridized carbons (Fsp3) is 0.273. The monoisotopic (exact) mass is 383 g/mol. The highest BCUT2D eigenvalue weighted by atomic mass is 19.1. The molecule has 1 fully saturated rings. The first-order chi connectivity index (χ1) is 13.3. The second-order valence-corrected chi connectivity index (χ2v) is 7.34. The van der Waals surface area contributed by atoms with Gasteiger partial charge < -0.3 is 14.9 Å². The van der Waals surface area contributed by atoms with Crippen molar-refractivity contribution in [1.82, 2.24) is 4.90 Å². The Morgan fingerprint density at radius 3 is 2.36 bits per heavy atom. The topological polar surface area (TPSA) is 62.0 Å². The van der Waals surface area contributed by atoms with Gasteiger partial charge in [0, 0.05) is 11.1 Å². The molecule has 0 bridgehead atoms. The van der Waals surface area contributed by atoms with Gasteiger partial charge in [-0.15, -0.1) is 0 Å². The lowest BCUT2D eigenvalue weighted by Crippen LogP contribution is -3.06. The quantitative estimate of drug-likeness (QED) is 0.469. The molecule has 2 aromatic carbocycles. The third kappa shape index (κ3) is 3.68. The van der Waals surface area contributed by atoms with Gasteiger partial charge >= 0.3 is 0 Å². The summed E-state index contributed by atoms with van der Waals surface area (Å²) in [5.41, 5.74) is 1.54. The van der Waals surface area contributed by atoms with Gasteiger partial charge in [0.2, 0.25) is 0 Å². The van der Waals surface area contributed by atoms with Crippen molar-refractivity contribution in [3.05, 3.63) is 76.6 Å². The number of likely N-dealkylation sites (tertiary alicyclic amines) is 1. The Morgan fingerprint density at radius 2 is 1.75 bits per heavy atom. The van der Waals surface area contributed by atoms with Crippen LogP contribution in [0.4, 0.5) is 4.39 Å². The lowest BCUT2D eigenvalue weighted by atomic mass is 9.94. The Labute approximate surface area is 163 Å². The molecular weight excluding hydrogens is 359 g/mol. The van der Waals surface area contributed by atoms with E-state index >= 15 is 0 Å². The van der Waals surface area contributed by atoms with Crippen molar-refractivity contribution >= 4 is 17.4 Å². The minimum Gasteiger partial charge on any atom is -0.507 e. The molecule has 0 aromatic heterocycles. The molecule has 0 saturated carbocycles. The van der Waals surface area contributed by atoms with Crippen LogP contribution in [0.2, 0.25) is 0 Å². The minimum absolute atomic E-state index is 0.0762. The largest absolute Gasteiger partial charge is 0.507 e. The molecule has 5 nitrogen and oxygen atoms in total. The first kappa shape index (κ1) is 19.8. The summed E-state index contributed by atoms with van der Waals surface area (Å²) in [5.74, 6) is -2.32. The predicted octanol–water partition coefficient (Wildman–Crippen LogP) is 1.70. The number of quaternary nitrogens is 1. The number of nitrogens with one attached hydrogen (secondary N) is 1. The van der Waals surface area contributed by atoms with E-state index in [1.165, 1.54) is 11.0 Å². The van der Waals surface area contributed by atoms with Crippen LogP contribution in [0.25, 0.3) is 5.76 Å². The van der Waals surface area contributed by atoms with E-state index in [0.717, 1.165) is 10.5 Å². The van der Waals surface area contributed by atoms with Gasteiger partial charge in [-0.05, 0) is 13.0 Å². The average Bonchev–Trinajstić information content (AvgIpc) is 2.91. The Balaban J connectivity index is 2.16. The van der Waals surface area contributed by atoms with Crippen molar-refractivity contribution in [2.45, 2.75) is 13.0 Å². The van der Waals surface area contributed by atoms with Crippen molar-refractivity contribution in [1.29, 1.82) is 0 Å². The number of benzene rings is 2. The van der Waals surface area contributed by atoms with Crippen LogP contribution in [0.3, 0.4) is 0 Å². The molecule has 6 heteroatoms. The molecule has 1 atom stereocenters. The summed E-state index contributed by atoms with van der Waals surface area (Å²) in [4.78, 5) is 28.0. The van der Waals surface area contributed by atoms with Gasteiger partial charge in [-0.3, -0.25) is 9.59 Å². The maximum absolute atomic E-state index is 14.6. The standard InChI is InChI=1S/C22H23FN2O3/c1-14-8-10-15(11-9-14)20(26)18-19(16-6-4-5-7-17(16)23)25(13-12-24(2)3)22(28)21(18)27/h4-11,19,26H,12-13H2,1-3H3/p+1/t19-/m0/s1. The molecule has 3 rings (SSSR count). The number of carbonyl (C=O) groups is 2. The summed E-state index contributed by atoms with van der Waals surface area (Å²) in [6, 6.07) is 12.1. The van der Waals surface area contributed by atoms with Crippen LogP contribution in [-0.4, -0.2) is 48.9 Å². The van der Waals surface area contributed by atoms with Crippen LogP contribution in [0.15, 0.2) is 54.1 Å². The van der Waals surface area contributed by atoms with E-state index in [0.29, 0.717) is 12.1 Å². The third-order valence-corrected chi connectivity index (χ3v) is 4.92. The first-order valence-electron chi connectivity index (χ1n) is 9.20. The number of likely N-dealkylation sites (N-methyl/N-ethyl adjacent to an activating group) is 1. The lowest BCUT2D eigenvalue weighted by molar-refractivity contribution is -0.857. The zero-order chi connectivity index (χ0) is 20.4. The number of rotatable bonds is 5. The molecule has 1 aliphatic heterocycles. The van der Waals surface area contributed by atoms with Crippen molar-refractivity contribution < 1.29 is 24.0 Å². The second-order valence-electron chi connectivity index (χ2n) is 7.34. The number of aliphatic hydroxyl groups is 1. The molecule has 1 saturated heterocycles. The summed E-state index contributed by atoms with van der Waals surface area (Å²) in [6.07, 6.45) is 0. The highest BCUT2D eigenvalue weighted by Gasteiger charge is 2.47. The number of halogens is 1. The lowest BCUT2D eigenvalue weighted by Gasteiger charge is -2.25. The smallest absolute Gasteiger partial charge is 0.295 e. The van der Waals surface area contributed by atoms with E-state index in [1.807, 2.05) is 21.0 Å². The van der Waals surface area contributed by atoms with Gasteiger partial charge in [0.05, 0.1) is 38.8 Å². The van der Waals surface area contributed by atoms with Crippen LogP contribution >= 0.6 is 0 Å². The molecule has 146 valence electrons. The van der Waals surface area contributed by atoms with E-state index in [2.05, 4.69) is 0 Å². The normalized spacial score (nSPS) is 18.9. The fourth-order valence-electron chi connectivity index (χ4n) is 3.34. The number of hydrogen-bond acceptors (Lipinski definition) is 3. The zero-order valence-electron chi connectivity index (χ0n) is 16.2. The predicted molar refractivity (Wildman–Crippen MR) is 104 cm³/mol. The van der Waals surface area contributed by atoms with Crippen molar-refractivity contribution in [2.75, 3.05) is 27.2 Å². The van der Waals surface area contributed by atoms with E-state index < -0.39 is 23.5 Å². The zero-order valence-corrected chi connectivity index (χ0v) is 16.2. The summed E-state index contributed by atoms with van der Waals surface area (Å²) in [7, 11) is 3.86. The molecule has 2 N–H and O–H groups in total. The molecule has 1 aliphatic rings. The number of hydrogen-bond donors (Lipinski definition) is 2. The first-order valence-corrected chi connectivity index (χ1v) is 9.20. The van der Waals surface area contributed by atoms with Crippen molar-refractivity contribution in [3.63, 3.8) is 0 Å². The molecule has 0 spiro atoms. The Kier molecular flexibility index (Phi) is 5.61. The molecule has 2 aromatic rings. The average molecular weight is 383 g/mol. The second kappa shape index (κ2) is 7.94. The number of aliphatic hydroxyl groups excluding tert-OH is 1. The van der Waals surface area contributed by atoms with Gasteiger partial charge in [0.25, 0.3) is 11.7 Å². The summed E-state index contributed by atoms with van der Waals surface area (Å²) < 4.78 is 14.6. The van der Waals surface area contributed by atoms with Crippen LogP contribution < -0.4 is 4.90 Å². The summed E-state index contributed by atoms with van der Waals surface area (Å²) in [6.45, 7) is 2.77. The number of Topliss-reactive ketones (excluding diaryl/α,β-unsaturated/α-hetero) is 1. The number of ketones is 1. The van der Waals surface area contributed by atoms with E-state index in [9.17, 15) is 19.1 Å². The van der Waals surface area contributed by atoms with Gasteiger partial charge in [0.15, 0.2) is 0 Å². The third-order valence-electron chi connectivity index (χ3n) is 4.92. The number of amides is 1. The molecule has 0 aliphatic carbocycles. The Bertz CT molecular complexity index is 935. The summed E-state index contributed by atoms with van der Waals surface area (Å²) >= 11 is 0. The highest BCUT2D eigenvalue weighted by molar-refractivity contribution is 6.46. The number of nitrogens with zero attached hydrogens (tertiary/aromatic N) is 1. The van der Waals surface area contributed by atoms with Gasteiger partial charge in [-0.25, -0.2) is 4.39 Å². The van der Waals surface area contributed by atoms with E-state index in [-0.39, 0.29) is 23.4 Å². The van der Waals surface area contributed by atoms with Crippen LogP contribution in [0, 0.1) is 12.7 Å². The van der Waals surface area contributed by atoms with Crippen molar-refractivity contribution in [3.8, 4) is 0 Å². The molecular formula is C22H24FN2O3+. The van der Waals surface area contributed by atoms with E-state index in [1.54, 1.807) is 42.5 Å². The van der Waals surface area contributed by atoms with Gasteiger partial charge in [-0.2, -0.15) is 0 Å². The van der Waals surface area contributed by atoms with Crippen molar-refractivity contribution in [2.24, 2.45) is 0 Å². The molecule has 0 unspecified atom stereocenters. The van der Waals surface area contributed by atoms with Gasteiger partial charge in [0.1, 0.15) is 11.6 Å². The number of carbonyl (C=O) groups excluding carboxylic acids is 2. The highest BCUT2D eigenvalue weighted by Crippen LogP contribution is 2.39. The van der Waals surface area contributed by atoms with Crippen LogP contribution in [0.1, 0.15) is 22.7 Å². The Morgan fingerprint density at radius 1 is 1.11 bits per heavy atom. The van der Waals surface area contributed by atoms with Gasteiger partial charge in [-0.1, -0.05) is 48.0 Å². The van der Waals surface area contributed by atoms with E-state index in [4.69, 9.17) is 0 Å². The minimum atomic E-state index is -0.957. The summed E-state index contributed by atoms with van der Waals surface area (Å²) in [5, 5.41) is 10.9. The molecule has 1 heterocycles.